The minimum absolute atomic E-state index is 0.186. The average molecular weight is 459 g/mol. The minimum atomic E-state index is -3.49. The molecule has 2 aromatic rings. The SMILES string of the molecule is O=C1NC(=O)/C(=C\c2ncnc(N3CC4CN(S(=O)(=O)c5ccccc5)CC4C3)n2)S1. The van der Waals surface area contributed by atoms with E-state index in [-0.39, 0.29) is 16.7 Å². The number of thioether (sulfide) groups is 1. The molecule has 0 saturated carbocycles. The van der Waals surface area contributed by atoms with Gasteiger partial charge in [-0.2, -0.15) is 9.29 Å². The number of benzene rings is 1. The van der Waals surface area contributed by atoms with Crippen molar-refractivity contribution in [3.8, 4) is 0 Å². The van der Waals surface area contributed by atoms with E-state index < -0.39 is 21.2 Å². The highest BCUT2D eigenvalue weighted by Crippen LogP contribution is 2.35. The van der Waals surface area contributed by atoms with Gasteiger partial charge in [0.15, 0.2) is 5.82 Å². The van der Waals surface area contributed by atoms with Crippen LogP contribution in [0.3, 0.4) is 0 Å². The van der Waals surface area contributed by atoms with Crippen LogP contribution in [0.5, 0.6) is 0 Å². The number of carbonyl (C=O) groups excluding carboxylic acids is 2. The van der Waals surface area contributed by atoms with E-state index in [4.69, 9.17) is 0 Å². The van der Waals surface area contributed by atoms with Crippen molar-refractivity contribution in [2.45, 2.75) is 4.90 Å². The molecule has 0 aliphatic carbocycles. The summed E-state index contributed by atoms with van der Waals surface area (Å²) >= 11 is 0.806. The van der Waals surface area contributed by atoms with Crippen LogP contribution in [0.15, 0.2) is 46.5 Å². The van der Waals surface area contributed by atoms with Crippen molar-refractivity contribution < 1.29 is 18.0 Å². The Hall–Kier alpha value is -2.83. The van der Waals surface area contributed by atoms with Crippen LogP contribution in [0.4, 0.5) is 10.7 Å². The number of hydrogen-bond acceptors (Lipinski definition) is 9. The summed E-state index contributed by atoms with van der Waals surface area (Å²) in [6.45, 7) is 2.19. The van der Waals surface area contributed by atoms with Crippen LogP contribution in [0.25, 0.3) is 6.08 Å². The highest BCUT2D eigenvalue weighted by molar-refractivity contribution is 8.18. The van der Waals surface area contributed by atoms with Gasteiger partial charge in [-0.15, -0.1) is 0 Å². The molecule has 2 amide bonds. The summed E-state index contributed by atoms with van der Waals surface area (Å²) in [5, 5.41) is 1.77. The van der Waals surface area contributed by atoms with Crippen molar-refractivity contribution in [1.82, 2.24) is 24.6 Å². The minimum Gasteiger partial charge on any atom is -0.340 e. The highest BCUT2D eigenvalue weighted by atomic mass is 32.2. The summed E-state index contributed by atoms with van der Waals surface area (Å²) in [5.74, 6) is 0.676. The Balaban J connectivity index is 1.29. The van der Waals surface area contributed by atoms with Crippen LogP contribution in [0, 0.1) is 11.8 Å². The number of imide groups is 1. The topological polar surface area (TPSA) is 125 Å². The lowest BCUT2D eigenvalue weighted by molar-refractivity contribution is -0.115. The molecular weight excluding hydrogens is 440 g/mol. The summed E-state index contributed by atoms with van der Waals surface area (Å²) in [6, 6.07) is 8.48. The van der Waals surface area contributed by atoms with Crippen molar-refractivity contribution in [1.29, 1.82) is 0 Å². The average Bonchev–Trinajstić information content (AvgIpc) is 3.42. The summed E-state index contributed by atoms with van der Waals surface area (Å²) < 4.78 is 27.3. The molecule has 0 bridgehead atoms. The zero-order valence-corrected chi connectivity index (χ0v) is 17.8. The van der Waals surface area contributed by atoms with Crippen molar-refractivity contribution >= 4 is 45.0 Å². The first-order valence-electron chi connectivity index (χ1n) is 9.64. The van der Waals surface area contributed by atoms with Gasteiger partial charge in [-0.3, -0.25) is 14.9 Å². The van der Waals surface area contributed by atoms with Gasteiger partial charge < -0.3 is 4.90 Å². The first-order valence-corrected chi connectivity index (χ1v) is 11.9. The second-order valence-electron chi connectivity index (χ2n) is 7.56. The molecule has 1 N–H and O–H groups in total. The molecule has 3 fully saturated rings. The normalized spacial score (nSPS) is 25.3. The molecule has 1 aromatic heterocycles. The lowest BCUT2D eigenvalue weighted by Gasteiger charge is -2.21. The molecule has 4 heterocycles. The van der Waals surface area contributed by atoms with E-state index in [9.17, 15) is 18.0 Å². The predicted molar refractivity (Wildman–Crippen MR) is 113 cm³/mol. The molecular formula is C19H18N6O4S2. The number of sulfonamides is 1. The molecule has 5 rings (SSSR count). The van der Waals surface area contributed by atoms with E-state index in [1.165, 1.54) is 12.4 Å². The third-order valence-corrected chi connectivity index (χ3v) is 8.25. The summed E-state index contributed by atoms with van der Waals surface area (Å²) in [5.41, 5.74) is 0. The number of fused-ring (bicyclic) bond motifs is 1. The lowest BCUT2D eigenvalue weighted by Crippen LogP contribution is -2.33. The van der Waals surface area contributed by atoms with Gasteiger partial charge >= 0.3 is 0 Å². The molecule has 1 aromatic carbocycles. The molecule has 2 atom stereocenters. The maximum atomic E-state index is 12.9. The Morgan fingerprint density at radius 3 is 2.39 bits per heavy atom. The van der Waals surface area contributed by atoms with Crippen molar-refractivity contribution in [2.75, 3.05) is 31.1 Å². The standard InChI is InChI=1S/C19H18N6O4S2/c26-17-15(30-19(27)23-17)6-16-20-11-21-18(22-16)24-7-12-9-25(10-13(12)8-24)31(28,29)14-4-2-1-3-5-14/h1-6,11-13H,7-10H2,(H,23,26,27)/b15-6+. The summed E-state index contributed by atoms with van der Waals surface area (Å²) in [6.07, 6.45) is 2.83. The van der Waals surface area contributed by atoms with Crippen molar-refractivity contribution in [3.05, 3.63) is 47.4 Å². The van der Waals surface area contributed by atoms with Gasteiger partial charge in [0.05, 0.1) is 9.80 Å². The fourth-order valence-electron chi connectivity index (χ4n) is 4.11. The second-order valence-corrected chi connectivity index (χ2v) is 10.5. The van der Waals surface area contributed by atoms with E-state index in [0.29, 0.717) is 42.8 Å². The molecule has 0 radical (unpaired) electrons. The number of anilines is 1. The van der Waals surface area contributed by atoms with Crippen LogP contribution >= 0.6 is 11.8 Å². The largest absolute Gasteiger partial charge is 0.340 e. The van der Waals surface area contributed by atoms with E-state index in [1.807, 2.05) is 4.90 Å². The quantitative estimate of drug-likeness (QED) is 0.667. The van der Waals surface area contributed by atoms with E-state index in [0.717, 1.165) is 11.8 Å². The number of nitrogens with zero attached hydrogens (tertiary/aromatic N) is 5. The fourth-order valence-corrected chi connectivity index (χ4v) is 6.34. The Labute approximate surface area is 182 Å². The molecule has 0 spiro atoms. The Morgan fingerprint density at radius 1 is 1.03 bits per heavy atom. The first kappa shape index (κ1) is 20.1. The number of amides is 2. The number of rotatable bonds is 4. The smallest absolute Gasteiger partial charge is 0.290 e. The predicted octanol–water partition coefficient (Wildman–Crippen LogP) is 0.952. The van der Waals surface area contributed by atoms with Crippen LogP contribution in [-0.2, 0) is 14.8 Å². The Morgan fingerprint density at radius 2 is 1.74 bits per heavy atom. The van der Waals surface area contributed by atoms with Gasteiger partial charge in [-0.05, 0) is 35.7 Å². The van der Waals surface area contributed by atoms with Crippen molar-refractivity contribution in [3.63, 3.8) is 0 Å². The van der Waals surface area contributed by atoms with Crippen LogP contribution in [0.1, 0.15) is 5.82 Å². The summed E-state index contributed by atoms with van der Waals surface area (Å²) in [7, 11) is -3.49. The number of aromatic nitrogens is 3. The maximum absolute atomic E-state index is 12.9. The Kier molecular flexibility index (Phi) is 4.99. The van der Waals surface area contributed by atoms with Gasteiger partial charge in [0.2, 0.25) is 16.0 Å². The molecule has 12 heteroatoms. The van der Waals surface area contributed by atoms with Gasteiger partial charge in [0.1, 0.15) is 6.33 Å². The highest BCUT2D eigenvalue weighted by Gasteiger charge is 2.44. The van der Waals surface area contributed by atoms with Gasteiger partial charge in [0.25, 0.3) is 11.1 Å². The van der Waals surface area contributed by atoms with Gasteiger partial charge in [0, 0.05) is 32.3 Å². The van der Waals surface area contributed by atoms with Crippen LogP contribution < -0.4 is 10.2 Å². The zero-order chi connectivity index (χ0) is 21.6. The van der Waals surface area contributed by atoms with Gasteiger partial charge in [-0.25, -0.2) is 18.4 Å². The molecule has 160 valence electrons. The monoisotopic (exact) mass is 458 g/mol. The first-order chi connectivity index (χ1) is 14.9. The molecule has 3 aliphatic heterocycles. The molecule has 10 nitrogen and oxygen atoms in total. The van der Waals surface area contributed by atoms with Gasteiger partial charge in [-0.1, -0.05) is 18.2 Å². The molecule has 3 saturated heterocycles. The zero-order valence-electron chi connectivity index (χ0n) is 16.2. The van der Waals surface area contributed by atoms with Crippen LogP contribution in [-0.4, -0.2) is 65.0 Å². The maximum Gasteiger partial charge on any atom is 0.290 e. The molecule has 3 aliphatic rings. The fraction of sp³-hybridized carbons (Fsp3) is 0.316. The third-order valence-electron chi connectivity index (χ3n) is 5.60. The van der Waals surface area contributed by atoms with E-state index in [2.05, 4.69) is 20.3 Å². The number of carbonyl (C=O) groups is 2. The molecule has 31 heavy (non-hydrogen) atoms. The van der Waals surface area contributed by atoms with Crippen molar-refractivity contribution in [2.24, 2.45) is 11.8 Å². The lowest BCUT2D eigenvalue weighted by atomic mass is 10.0. The molecule has 2 unspecified atom stereocenters. The van der Waals surface area contributed by atoms with E-state index in [1.54, 1.807) is 34.6 Å². The summed E-state index contributed by atoms with van der Waals surface area (Å²) in [4.78, 5) is 38.3. The second kappa shape index (κ2) is 7.70. The number of hydrogen-bond donors (Lipinski definition) is 1. The third kappa shape index (κ3) is 3.82. The van der Waals surface area contributed by atoms with Crippen LogP contribution in [0.2, 0.25) is 0 Å². The Bertz CT molecular complexity index is 1170. The van der Waals surface area contributed by atoms with E-state index >= 15 is 0 Å². The number of nitrogens with one attached hydrogen (secondary N) is 1.